The molecule has 1 aromatic rings. The van der Waals surface area contributed by atoms with Crippen LogP contribution in [0.1, 0.15) is 69.4 Å². The Hall–Kier alpha value is -1.88. The van der Waals surface area contributed by atoms with Crippen LogP contribution in [0.2, 0.25) is 0 Å². The summed E-state index contributed by atoms with van der Waals surface area (Å²) in [5, 5.41) is 6.22. The Morgan fingerprint density at radius 1 is 1.07 bits per heavy atom. The van der Waals surface area contributed by atoms with Crippen LogP contribution in [0.3, 0.4) is 0 Å². The molecule has 3 rings (SSSR count). The third-order valence-electron chi connectivity index (χ3n) is 6.17. The number of hydrogen-bond acceptors (Lipinski definition) is 3. The minimum atomic E-state index is -0.0122. The van der Waals surface area contributed by atoms with E-state index < -0.39 is 0 Å². The Labute approximate surface area is 168 Å². The van der Waals surface area contributed by atoms with Gasteiger partial charge in [-0.25, -0.2) is 0 Å². The third-order valence-corrected chi connectivity index (χ3v) is 6.17. The van der Waals surface area contributed by atoms with Crippen LogP contribution in [0.25, 0.3) is 0 Å². The zero-order valence-corrected chi connectivity index (χ0v) is 17.4. The van der Waals surface area contributed by atoms with Crippen molar-refractivity contribution in [1.29, 1.82) is 0 Å². The predicted octanol–water partition coefficient (Wildman–Crippen LogP) is 4.16. The molecule has 154 valence electrons. The predicted molar refractivity (Wildman–Crippen MR) is 111 cm³/mol. The summed E-state index contributed by atoms with van der Waals surface area (Å²) in [4.78, 5) is 25.3. The van der Waals surface area contributed by atoms with Gasteiger partial charge in [-0.05, 0) is 62.5 Å². The maximum Gasteiger partial charge on any atom is 0.227 e. The van der Waals surface area contributed by atoms with Crippen LogP contribution in [-0.4, -0.2) is 31.1 Å². The van der Waals surface area contributed by atoms with Crippen LogP contribution < -0.4 is 10.6 Å². The lowest BCUT2D eigenvalue weighted by Gasteiger charge is -2.28. The quantitative estimate of drug-likeness (QED) is 0.771. The van der Waals surface area contributed by atoms with Gasteiger partial charge in [0, 0.05) is 30.7 Å². The summed E-state index contributed by atoms with van der Waals surface area (Å²) in [6.07, 6.45) is 5.39. The molecule has 5 nitrogen and oxygen atoms in total. The van der Waals surface area contributed by atoms with Crippen molar-refractivity contribution in [2.45, 2.75) is 71.3 Å². The molecule has 1 atom stereocenters. The highest BCUT2D eigenvalue weighted by atomic mass is 16.5. The van der Waals surface area contributed by atoms with E-state index >= 15 is 0 Å². The summed E-state index contributed by atoms with van der Waals surface area (Å²) >= 11 is 0. The monoisotopic (exact) mass is 386 g/mol. The number of carbonyl (C=O) groups excluding carboxylic acids is 2. The lowest BCUT2D eigenvalue weighted by Crippen LogP contribution is -2.38. The zero-order valence-electron chi connectivity index (χ0n) is 17.4. The van der Waals surface area contributed by atoms with E-state index in [1.807, 2.05) is 19.1 Å². The van der Waals surface area contributed by atoms with Gasteiger partial charge in [-0.2, -0.15) is 0 Å². The van der Waals surface area contributed by atoms with E-state index in [-0.39, 0.29) is 29.8 Å². The number of carbonyl (C=O) groups is 2. The smallest absolute Gasteiger partial charge is 0.227 e. The molecule has 0 bridgehead atoms. The number of ether oxygens (including phenoxy) is 1. The molecule has 2 fully saturated rings. The zero-order chi connectivity index (χ0) is 20.1. The van der Waals surface area contributed by atoms with Crippen molar-refractivity contribution in [3.8, 4) is 0 Å². The molecule has 1 aliphatic heterocycles. The molecular formula is C23H34N2O3. The van der Waals surface area contributed by atoms with Crippen LogP contribution in [0.15, 0.2) is 18.2 Å². The molecule has 28 heavy (non-hydrogen) atoms. The lowest BCUT2D eigenvalue weighted by molar-refractivity contribution is -0.128. The first kappa shape index (κ1) is 20.8. The Bertz CT molecular complexity index is 687. The van der Waals surface area contributed by atoms with Gasteiger partial charge in [-0.1, -0.05) is 32.0 Å². The second-order valence-electron chi connectivity index (χ2n) is 8.61. The fourth-order valence-corrected chi connectivity index (χ4v) is 4.35. The highest BCUT2D eigenvalue weighted by Crippen LogP contribution is 2.32. The molecule has 1 aliphatic carbocycles. The average molecular weight is 387 g/mol. The van der Waals surface area contributed by atoms with Gasteiger partial charge in [0.25, 0.3) is 0 Å². The van der Waals surface area contributed by atoms with Crippen LogP contribution in [0.4, 0.5) is 5.69 Å². The Morgan fingerprint density at radius 2 is 1.75 bits per heavy atom. The highest BCUT2D eigenvalue weighted by Gasteiger charge is 2.31. The largest absolute Gasteiger partial charge is 0.376 e. The van der Waals surface area contributed by atoms with Gasteiger partial charge in [0.05, 0.1) is 6.10 Å². The number of amides is 2. The molecule has 0 aromatic heterocycles. The van der Waals surface area contributed by atoms with Crippen LogP contribution >= 0.6 is 0 Å². The molecule has 1 saturated heterocycles. The van der Waals surface area contributed by atoms with Gasteiger partial charge in [0.15, 0.2) is 0 Å². The third kappa shape index (κ3) is 5.13. The number of anilines is 1. The van der Waals surface area contributed by atoms with Crippen molar-refractivity contribution in [3.63, 3.8) is 0 Å². The van der Waals surface area contributed by atoms with Crippen molar-refractivity contribution in [1.82, 2.24) is 5.32 Å². The van der Waals surface area contributed by atoms with Crippen molar-refractivity contribution < 1.29 is 14.3 Å². The Kier molecular flexibility index (Phi) is 7.11. The van der Waals surface area contributed by atoms with E-state index in [2.05, 4.69) is 30.5 Å². The van der Waals surface area contributed by atoms with E-state index in [1.165, 1.54) is 5.56 Å². The maximum atomic E-state index is 12.8. The van der Waals surface area contributed by atoms with Gasteiger partial charge in [0.1, 0.15) is 0 Å². The lowest BCUT2D eigenvalue weighted by atomic mass is 9.81. The van der Waals surface area contributed by atoms with Crippen LogP contribution in [0, 0.1) is 18.8 Å². The molecule has 0 radical (unpaired) electrons. The van der Waals surface area contributed by atoms with E-state index in [0.717, 1.165) is 56.4 Å². The molecule has 5 heteroatoms. The molecule has 2 N–H and O–H groups in total. The second kappa shape index (κ2) is 9.55. The van der Waals surface area contributed by atoms with Gasteiger partial charge < -0.3 is 15.4 Å². The standard InChI is InChI=1S/C23H34N2O3/c1-15(2)20-8-4-6-16(3)21(20)25-23(27)18-11-9-17(10-12-18)22(26)24-14-19-7-5-13-28-19/h4,6,8,15,17-19H,5,7,9-14H2,1-3H3,(H,24,26)(H,25,27). The number of nitrogens with one attached hydrogen (secondary N) is 2. The summed E-state index contributed by atoms with van der Waals surface area (Å²) < 4.78 is 5.56. The maximum absolute atomic E-state index is 12.8. The fourth-order valence-electron chi connectivity index (χ4n) is 4.35. The van der Waals surface area contributed by atoms with Gasteiger partial charge in [-0.15, -0.1) is 0 Å². The Balaban J connectivity index is 1.49. The molecular weight excluding hydrogens is 352 g/mol. The van der Waals surface area contributed by atoms with Crippen molar-refractivity contribution in [2.75, 3.05) is 18.5 Å². The van der Waals surface area contributed by atoms with E-state index in [9.17, 15) is 9.59 Å². The number of rotatable bonds is 6. The first-order chi connectivity index (χ1) is 13.5. The molecule has 1 heterocycles. The molecule has 0 spiro atoms. The van der Waals surface area contributed by atoms with Gasteiger partial charge in [-0.3, -0.25) is 9.59 Å². The average Bonchev–Trinajstić information content (AvgIpc) is 3.21. The van der Waals surface area contributed by atoms with Gasteiger partial charge >= 0.3 is 0 Å². The normalized spacial score (nSPS) is 24.9. The minimum Gasteiger partial charge on any atom is -0.376 e. The molecule has 1 aromatic carbocycles. The molecule has 1 unspecified atom stereocenters. The van der Waals surface area contributed by atoms with Gasteiger partial charge in [0.2, 0.25) is 11.8 Å². The summed E-state index contributed by atoms with van der Waals surface area (Å²) in [7, 11) is 0. The Morgan fingerprint density at radius 3 is 2.36 bits per heavy atom. The highest BCUT2D eigenvalue weighted by molar-refractivity contribution is 5.94. The molecule has 2 amide bonds. The van der Waals surface area contributed by atoms with Crippen LogP contribution in [0.5, 0.6) is 0 Å². The molecule has 2 aliphatic rings. The number of benzene rings is 1. The molecule has 1 saturated carbocycles. The van der Waals surface area contributed by atoms with Crippen molar-refractivity contribution in [3.05, 3.63) is 29.3 Å². The van der Waals surface area contributed by atoms with E-state index in [4.69, 9.17) is 4.74 Å². The first-order valence-electron chi connectivity index (χ1n) is 10.8. The summed E-state index contributed by atoms with van der Waals surface area (Å²) in [5.74, 6) is 0.584. The minimum absolute atomic E-state index is 0.0122. The van der Waals surface area contributed by atoms with Crippen molar-refractivity contribution >= 4 is 17.5 Å². The first-order valence-corrected chi connectivity index (χ1v) is 10.8. The SMILES string of the molecule is Cc1cccc(C(C)C)c1NC(=O)C1CCC(C(=O)NCC2CCCO2)CC1. The summed E-state index contributed by atoms with van der Waals surface area (Å²) in [5.41, 5.74) is 3.23. The fraction of sp³-hybridized carbons (Fsp3) is 0.652. The summed E-state index contributed by atoms with van der Waals surface area (Å²) in [6.45, 7) is 7.75. The van der Waals surface area contributed by atoms with Crippen LogP contribution in [-0.2, 0) is 14.3 Å². The van der Waals surface area contributed by atoms with E-state index in [0.29, 0.717) is 12.5 Å². The number of para-hydroxylation sites is 1. The second-order valence-corrected chi connectivity index (χ2v) is 8.61. The topological polar surface area (TPSA) is 67.4 Å². The number of aryl methyl sites for hydroxylation is 1. The summed E-state index contributed by atoms with van der Waals surface area (Å²) in [6, 6.07) is 6.17. The number of hydrogen-bond donors (Lipinski definition) is 2. The van der Waals surface area contributed by atoms with E-state index in [1.54, 1.807) is 0 Å². The van der Waals surface area contributed by atoms with Crippen molar-refractivity contribution in [2.24, 2.45) is 11.8 Å².